The molecule has 0 unspecified atom stereocenters. The van der Waals surface area contributed by atoms with E-state index in [2.05, 4.69) is 10.3 Å². The van der Waals surface area contributed by atoms with Crippen molar-refractivity contribution in [3.8, 4) is 0 Å². The van der Waals surface area contributed by atoms with Gasteiger partial charge in [0, 0.05) is 31.1 Å². The highest BCUT2D eigenvalue weighted by molar-refractivity contribution is 5.98. The van der Waals surface area contributed by atoms with E-state index < -0.39 is 11.1 Å². The minimum Gasteiger partial charge on any atom is -0.378 e. The summed E-state index contributed by atoms with van der Waals surface area (Å²) in [6, 6.07) is 7.00. The molecule has 0 amide bonds. The van der Waals surface area contributed by atoms with Crippen LogP contribution in [0.4, 0.5) is 5.69 Å². The standard InChI is InChI=1S/C15H19N5O3/c1-9-13(10(2)21)14(17-15(16-9)18-20(22)23)11-5-7-12(8-6-11)19(3)4/h5-8,14H,1-4H3,(H2,16,17,18)/t14-/m1/s1. The van der Waals surface area contributed by atoms with Crippen LogP contribution >= 0.6 is 0 Å². The number of hydrogen-bond donors (Lipinski definition) is 2. The van der Waals surface area contributed by atoms with Crippen molar-refractivity contribution in [2.24, 2.45) is 4.99 Å². The van der Waals surface area contributed by atoms with Gasteiger partial charge in [-0.15, -0.1) is 0 Å². The molecule has 0 saturated carbocycles. The van der Waals surface area contributed by atoms with Crippen molar-refractivity contribution >= 4 is 17.4 Å². The molecule has 0 spiro atoms. The molecule has 1 aliphatic rings. The van der Waals surface area contributed by atoms with E-state index in [1.165, 1.54) is 6.92 Å². The Bertz CT molecular complexity index is 692. The number of nitrogens with zero attached hydrogens (tertiary/aromatic N) is 3. The van der Waals surface area contributed by atoms with E-state index >= 15 is 0 Å². The van der Waals surface area contributed by atoms with Crippen LogP contribution < -0.4 is 15.6 Å². The van der Waals surface area contributed by atoms with Gasteiger partial charge in [0.2, 0.25) is 0 Å². The summed E-state index contributed by atoms with van der Waals surface area (Å²) >= 11 is 0. The molecule has 0 fully saturated rings. The number of ketones is 1. The van der Waals surface area contributed by atoms with Gasteiger partial charge in [-0.25, -0.2) is 15.1 Å². The van der Waals surface area contributed by atoms with E-state index in [9.17, 15) is 14.9 Å². The number of rotatable bonds is 4. The molecule has 1 atom stereocenters. The van der Waals surface area contributed by atoms with E-state index in [1.54, 1.807) is 6.92 Å². The average molecular weight is 317 g/mol. The summed E-state index contributed by atoms with van der Waals surface area (Å²) in [7, 11) is 3.86. The number of Topliss-reactive ketones (excluding diaryl/α,β-unsaturated/α-hetero) is 1. The van der Waals surface area contributed by atoms with Gasteiger partial charge in [-0.05, 0) is 31.5 Å². The number of hydrazine groups is 1. The van der Waals surface area contributed by atoms with Gasteiger partial charge in [-0.2, -0.15) is 0 Å². The fraction of sp³-hybridized carbons (Fsp3) is 0.333. The van der Waals surface area contributed by atoms with E-state index in [0.29, 0.717) is 11.3 Å². The minimum absolute atomic E-state index is 0.0131. The van der Waals surface area contributed by atoms with Crippen molar-refractivity contribution in [1.29, 1.82) is 0 Å². The van der Waals surface area contributed by atoms with E-state index in [0.717, 1.165) is 11.3 Å². The molecule has 0 radical (unpaired) electrons. The third kappa shape index (κ3) is 3.65. The number of benzene rings is 1. The van der Waals surface area contributed by atoms with E-state index in [1.807, 2.05) is 48.7 Å². The second kappa shape index (κ2) is 6.47. The van der Waals surface area contributed by atoms with Gasteiger partial charge in [-0.1, -0.05) is 17.6 Å². The summed E-state index contributed by atoms with van der Waals surface area (Å²) in [5.74, 6) is -0.111. The fourth-order valence-electron chi connectivity index (χ4n) is 2.47. The molecule has 8 heteroatoms. The number of guanidine groups is 1. The highest BCUT2D eigenvalue weighted by Crippen LogP contribution is 2.31. The normalized spacial score (nSPS) is 17.2. The topological polar surface area (TPSA) is 99.9 Å². The van der Waals surface area contributed by atoms with E-state index in [-0.39, 0.29) is 11.7 Å². The first kappa shape index (κ1) is 16.5. The molecule has 1 aromatic carbocycles. The van der Waals surface area contributed by atoms with Crippen molar-refractivity contribution in [3.05, 3.63) is 51.2 Å². The molecule has 1 heterocycles. The summed E-state index contributed by atoms with van der Waals surface area (Å²) in [5, 5.41) is 12.7. The molecular formula is C15H19N5O3. The Hall–Kier alpha value is -2.90. The summed E-state index contributed by atoms with van der Waals surface area (Å²) in [6.07, 6.45) is 0. The number of allylic oxidation sites excluding steroid dienone is 1. The molecule has 1 aromatic rings. The van der Waals surface area contributed by atoms with E-state index in [4.69, 9.17) is 0 Å². The van der Waals surface area contributed by atoms with Gasteiger partial charge in [0.25, 0.3) is 5.96 Å². The Morgan fingerprint density at radius 3 is 2.43 bits per heavy atom. The maximum absolute atomic E-state index is 12.0. The second-order valence-corrected chi connectivity index (χ2v) is 5.45. The van der Waals surface area contributed by atoms with Gasteiger partial charge in [0.1, 0.15) is 6.04 Å². The van der Waals surface area contributed by atoms with Gasteiger partial charge < -0.3 is 10.2 Å². The monoisotopic (exact) mass is 317 g/mol. The van der Waals surface area contributed by atoms with Crippen LogP contribution in [0.2, 0.25) is 0 Å². The van der Waals surface area contributed by atoms with Gasteiger partial charge >= 0.3 is 0 Å². The molecule has 0 saturated heterocycles. The molecule has 0 bridgehead atoms. The zero-order valence-electron chi connectivity index (χ0n) is 13.5. The fourth-order valence-corrected chi connectivity index (χ4v) is 2.47. The summed E-state index contributed by atoms with van der Waals surface area (Å²) in [5.41, 5.74) is 4.87. The second-order valence-electron chi connectivity index (χ2n) is 5.45. The molecule has 1 aliphatic heterocycles. The number of anilines is 1. The highest BCUT2D eigenvalue weighted by atomic mass is 16.7. The maximum Gasteiger partial charge on any atom is 0.259 e. The Labute approximate surface area is 134 Å². The zero-order valence-corrected chi connectivity index (χ0v) is 13.5. The van der Waals surface area contributed by atoms with Crippen LogP contribution in [0.3, 0.4) is 0 Å². The summed E-state index contributed by atoms with van der Waals surface area (Å²) in [6.45, 7) is 3.16. The van der Waals surface area contributed by atoms with Crippen LogP contribution in [0, 0.1) is 10.1 Å². The van der Waals surface area contributed by atoms with Crippen LogP contribution in [0.15, 0.2) is 40.5 Å². The number of carbonyl (C=O) groups is 1. The Kier molecular flexibility index (Phi) is 4.63. The van der Waals surface area contributed by atoms with Crippen LogP contribution in [0.5, 0.6) is 0 Å². The molecule has 2 rings (SSSR count). The van der Waals surface area contributed by atoms with Gasteiger partial charge in [-0.3, -0.25) is 4.79 Å². The number of aliphatic imine (C=N–C) groups is 1. The molecule has 0 aliphatic carbocycles. The van der Waals surface area contributed by atoms with Crippen LogP contribution in [0.1, 0.15) is 25.5 Å². The lowest BCUT2D eigenvalue weighted by Gasteiger charge is -2.24. The molecule has 122 valence electrons. The SMILES string of the molecule is CC(=O)C1=C(C)NC(N[N+](=O)[O-])=N[C@@H]1c1ccc(N(C)C)cc1. The Morgan fingerprint density at radius 2 is 1.96 bits per heavy atom. The number of hydrogen-bond acceptors (Lipinski definition) is 6. The predicted octanol–water partition coefficient (Wildman–Crippen LogP) is 1.40. The quantitative estimate of drug-likeness (QED) is 0.643. The Morgan fingerprint density at radius 1 is 1.35 bits per heavy atom. The predicted molar refractivity (Wildman–Crippen MR) is 87.6 cm³/mol. The lowest BCUT2D eigenvalue weighted by molar-refractivity contribution is -0.525. The number of nitrogens with one attached hydrogen (secondary N) is 2. The van der Waals surface area contributed by atoms with Crippen LogP contribution in [0.25, 0.3) is 0 Å². The summed E-state index contributed by atoms with van der Waals surface area (Å²) < 4.78 is 0. The molecule has 8 nitrogen and oxygen atoms in total. The van der Waals surface area contributed by atoms with Crippen molar-refractivity contribution in [1.82, 2.24) is 10.7 Å². The van der Waals surface area contributed by atoms with Crippen molar-refractivity contribution in [3.63, 3.8) is 0 Å². The molecule has 2 N–H and O–H groups in total. The molecule has 0 aromatic heterocycles. The minimum atomic E-state index is -0.690. The maximum atomic E-state index is 12.0. The molecular weight excluding hydrogens is 298 g/mol. The number of nitro groups is 1. The third-order valence-electron chi connectivity index (χ3n) is 3.54. The summed E-state index contributed by atoms with van der Waals surface area (Å²) in [4.78, 5) is 28.8. The van der Waals surface area contributed by atoms with Gasteiger partial charge in [0.05, 0.1) is 0 Å². The highest BCUT2D eigenvalue weighted by Gasteiger charge is 2.28. The smallest absolute Gasteiger partial charge is 0.259 e. The van der Waals surface area contributed by atoms with Crippen LogP contribution in [-0.2, 0) is 4.79 Å². The van der Waals surface area contributed by atoms with Gasteiger partial charge in [0.15, 0.2) is 10.8 Å². The van der Waals surface area contributed by atoms with Crippen molar-refractivity contribution in [2.45, 2.75) is 19.9 Å². The number of carbonyl (C=O) groups excluding carboxylic acids is 1. The lowest BCUT2D eigenvalue weighted by atomic mass is 9.93. The first-order valence-corrected chi connectivity index (χ1v) is 7.04. The average Bonchev–Trinajstić information content (AvgIpc) is 2.45. The zero-order chi connectivity index (χ0) is 17.1. The first-order chi connectivity index (χ1) is 10.8. The Balaban J connectivity index is 2.43. The third-order valence-corrected chi connectivity index (χ3v) is 3.54. The molecule has 23 heavy (non-hydrogen) atoms. The van der Waals surface area contributed by atoms with Crippen molar-refractivity contribution in [2.75, 3.05) is 19.0 Å². The largest absolute Gasteiger partial charge is 0.378 e. The first-order valence-electron chi connectivity index (χ1n) is 7.04. The van der Waals surface area contributed by atoms with Crippen molar-refractivity contribution < 1.29 is 9.83 Å². The van der Waals surface area contributed by atoms with Crippen LogP contribution in [-0.4, -0.2) is 30.9 Å². The lowest BCUT2D eigenvalue weighted by Crippen LogP contribution is -2.43.